The fourth-order valence-electron chi connectivity index (χ4n) is 3.43. The molecule has 7 heteroatoms. The van der Waals surface area contributed by atoms with Crippen molar-refractivity contribution < 1.29 is 0 Å². The maximum Gasteiger partial charge on any atom is 0.164 e. The van der Waals surface area contributed by atoms with Gasteiger partial charge in [-0.05, 0) is 38.3 Å². The van der Waals surface area contributed by atoms with Crippen molar-refractivity contribution in [3.05, 3.63) is 35.7 Å². The molecule has 2 aliphatic rings. The Morgan fingerprint density at radius 1 is 1.23 bits per heavy atom. The summed E-state index contributed by atoms with van der Waals surface area (Å²) in [6.07, 6.45) is 3.95. The lowest BCUT2D eigenvalue weighted by molar-refractivity contribution is 0.548. The average Bonchev–Trinajstić information content (AvgIpc) is 3.21. The molecule has 1 fully saturated rings. The predicted octanol–water partition coefficient (Wildman–Crippen LogP) is 2.67. The van der Waals surface area contributed by atoms with E-state index < -0.39 is 0 Å². The minimum atomic E-state index is 0.184. The van der Waals surface area contributed by atoms with Crippen LogP contribution >= 0.6 is 0 Å². The third-order valence-electron chi connectivity index (χ3n) is 4.97. The van der Waals surface area contributed by atoms with Crippen molar-refractivity contribution in [1.29, 1.82) is 0 Å². The van der Waals surface area contributed by atoms with Gasteiger partial charge in [0.25, 0.3) is 0 Å². The normalized spacial score (nSPS) is 16.2. The zero-order valence-electron chi connectivity index (χ0n) is 14.9. The number of nitrogens with two attached hydrogens (primary N) is 1. The van der Waals surface area contributed by atoms with Crippen molar-refractivity contribution in [2.75, 3.05) is 5.73 Å². The number of aliphatic imine (C=N–C) groups is 1. The molecule has 0 radical (unpaired) electrons. The van der Waals surface area contributed by atoms with Gasteiger partial charge in [-0.15, -0.1) is 0 Å². The average molecular weight is 347 g/mol. The van der Waals surface area contributed by atoms with Crippen LogP contribution in [0.3, 0.4) is 0 Å². The van der Waals surface area contributed by atoms with Crippen molar-refractivity contribution in [2.24, 2.45) is 4.99 Å². The molecule has 1 saturated carbocycles. The van der Waals surface area contributed by atoms with E-state index in [1.54, 1.807) is 0 Å². The van der Waals surface area contributed by atoms with Crippen LogP contribution in [0.15, 0.2) is 29.5 Å². The standard InChI is InChI=1S/C19H21N7/c1-10(2)26-19-15(17(20)22-9-23-19)16(25-26)11-3-4-12-8-21-18(14(12)7-11)24-13-5-6-13/h3-4,7,9-10,13H,5-6,8H2,1-2H3,(H,21,24)(H2,20,22,23). The molecule has 5 rings (SSSR count). The topological polar surface area (TPSA) is 94.0 Å². The first kappa shape index (κ1) is 15.3. The van der Waals surface area contributed by atoms with E-state index in [-0.39, 0.29) is 6.04 Å². The second-order valence-corrected chi connectivity index (χ2v) is 7.30. The highest BCUT2D eigenvalue weighted by Crippen LogP contribution is 2.34. The van der Waals surface area contributed by atoms with Crippen molar-refractivity contribution >= 4 is 22.7 Å². The molecule has 0 unspecified atom stereocenters. The summed E-state index contributed by atoms with van der Waals surface area (Å²) < 4.78 is 1.91. The van der Waals surface area contributed by atoms with E-state index in [0.29, 0.717) is 11.9 Å². The summed E-state index contributed by atoms with van der Waals surface area (Å²) in [6.45, 7) is 4.90. The van der Waals surface area contributed by atoms with Crippen LogP contribution in [0, 0.1) is 0 Å². The lowest BCUT2D eigenvalue weighted by Crippen LogP contribution is -2.25. The number of aromatic nitrogens is 4. The van der Waals surface area contributed by atoms with E-state index >= 15 is 0 Å². The summed E-state index contributed by atoms with van der Waals surface area (Å²) in [7, 11) is 0. The summed E-state index contributed by atoms with van der Waals surface area (Å²) in [5.41, 5.74) is 11.2. The second-order valence-electron chi connectivity index (χ2n) is 7.30. The Hall–Kier alpha value is -2.96. The van der Waals surface area contributed by atoms with Gasteiger partial charge in [0.15, 0.2) is 5.65 Å². The van der Waals surface area contributed by atoms with Gasteiger partial charge < -0.3 is 11.1 Å². The van der Waals surface area contributed by atoms with E-state index in [1.807, 2.05) is 4.68 Å². The quantitative estimate of drug-likeness (QED) is 0.760. The first-order valence-corrected chi connectivity index (χ1v) is 9.05. The minimum Gasteiger partial charge on any atom is -0.383 e. The summed E-state index contributed by atoms with van der Waals surface area (Å²) in [6, 6.07) is 7.15. The molecule has 1 aliphatic heterocycles. The molecule has 132 valence electrons. The van der Waals surface area contributed by atoms with E-state index in [0.717, 1.165) is 40.2 Å². The van der Waals surface area contributed by atoms with Crippen molar-refractivity contribution in [3.8, 4) is 11.3 Å². The van der Waals surface area contributed by atoms with Crippen molar-refractivity contribution in [2.45, 2.75) is 45.3 Å². The number of nitrogens with zero attached hydrogens (tertiary/aromatic N) is 5. The van der Waals surface area contributed by atoms with Gasteiger partial charge in [0.05, 0.1) is 11.9 Å². The molecule has 0 saturated heterocycles. The Morgan fingerprint density at radius 3 is 2.85 bits per heavy atom. The summed E-state index contributed by atoms with van der Waals surface area (Å²) in [5, 5.41) is 9.17. The number of hydrogen-bond donors (Lipinski definition) is 2. The first-order valence-electron chi connectivity index (χ1n) is 9.05. The van der Waals surface area contributed by atoms with Gasteiger partial charge in [-0.1, -0.05) is 12.1 Å². The number of anilines is 1. The molecular weight excluding hydrogens is 326 g/mol. The number of benzene rings is 1. The van der Waals surface area contributed by atoms with Gasteiger partial charge in [-0.3, -0.25) is 4.99 Å². The Morgan fingerprint density at radius 2 is 2.08 bits per heavy atom. The monoisotopic (exact) mass is 347 g/mol. The lowest BCUT2D eigenvalue weighted by Gasteiger charge is -2.08. The maximum atomic E-state index is 6.18. The molecule has 2 aromatic heterocycles. The molecule has 0 spiro atoms. The van der Waals surface area contributed by atoms with Crippen molar-refractivity contribution in [1.82, 2.24) is 25.1 Å². The van der Waals surface area contributed by atoms with Crippen LogP contribution < -0.4 is 11.1 Å². The molecule has 26 heavy (non-hydrogen) atoms. The molecule has 3 N–H and O–H groups in total. The van der Waals surface area contributed by atoms with Crippen LogP contribution in [0.5, 0.6) is 0 Å². The van der Waals surface area contributed by atoms with Crippen LogP contribution in [-0.4, -0.2) is 31.6 Å². The van der Waals surface area contributed by atoms with Crippen LogP contribution in [0.4, 0.5) is 5.82 Å². The van der Waals surface area contributed by atoms with Gasteiger partial charge >= 0.3 is 0 Å². The first-order chi connectivity index (χ1) is 12.6. The third-order valence-corrected chi connectivity index (χ3v) is 4.97. The van der Waals surface area contributed by atoms with Gasteiger partial charge in [-0.2, -0.15) is 5.10 Å². The van der Waals surface area contributed by atoms with E-state index in [2.05, 4.69) is 52.3 Å². The zero-order chi connectivity index (χ0) is 17.8. The summed E-state index contributed by atoms with van der Waals surface area (Å²) >= 11 is 0. The van der Waals surface area contributed by atoms with Crippen LogP contribution in [0.2, 0.25) is 0 Å². The predicted molar refractivity (Wildman–Crippen MR) is 102 cm³/mol. The SMILES string of the molecule is CC(C)n1nc(-c2ccc3c(c2)C(NC2CC2)=NC3)c2c(N)ncnc21. The molecular formula is C19H21N7. The number of nitrogen functional groups attached to an aromatic ring is 1. The number of hydrogen-bond acceptors (Lipinski definition) is 6. The molecule has 3 heterocycles. The lowest BCUT2D eigenvalue weighted by atomic mass is 10.0. The fourth-order valence-corrected chi connectivity index (χ4v) is 3.43. The molecule has 3 aromatic rings. The zero-order valence-corrected chi connectivity index (χ0v) is 14.9. The van der Waals surface area contributed by atoms with Crippen LogP contribution in [0.1, 0.15) is 43.9 Å². The molecule has 7 nitrogen and oxygen atoms in total. The number of nitrogens with one attached hydrogen (secondary N) is 1. The number of fused-ring (bicyclic) bond motifs is 2. The highest BCUT2D eigenvalue weighted by molar-refractivity contribution is 6.05. The van der Waals surface area contributed by atoms with E-state index in [4.69, 9.17) is 10.8 Å². The third kappa shape index (κ3) is 2.34. The van der Waals surface area contributed by atoms with Crippen molar-refractivity contribution in [3.63, 3.8) is 0 Å². The second kappa shape index (κ2) is 5.52. The Bertz CT molecular complexity index is 1040. The largest absolute Gasteiger partial charge is 0.383 e. The molecule has 1 aliphatic carbocycles. The molecule has 0 atom stereocenters. The van der Waals surface area contributed by atoms with Gasteiger partial charge in [-0.25, -0.2) is 14.6 Å². The molecule has 0 amide bonds. The minimum absolute atomic E-state index is 0.184. The Labute approximate surface area is 151 Å². The Balaban J connectivity index is 1.66. The van der Waals surface area contributed by atoms with Gasteiger partial charge in [0.1, 0.15) is 23.7 Å². The van der Waals surface area contributed by atoms with Gasteiger partial charge in [0, 0.05) is 23.2 Å². The number of rotatable bonds is 3. The molecule has 0 bridgehead atoms. The Kier molecular flexibility index (Phi) is 3.25. The van der Waals surface area contributed by atoms with E-state index in [9.17, 15) is 0 Å². The highest BCUT2D eigenvalue weighted by Gasteiger charge is 2.26. The van der Waals surface area contributed by atoms with E-state index in [1.165, 1.54) is 24.7 Å². The number of amidine groups is 1. The summed E-state index contributed by atoms with van der Waals surface area (Å²) in [5.74, 6) is 1.46. The van der Waals surface area contributed by atoms with Crippen LogP contribution in [-0.2, 0) is 6.54 Å². The van der Waals surface area contributed by atoms with Crippen LogP contribution in [0.25, 0.3) is 22.3 Å². The van der Waals surface area contributed by atoms with Gasteiger partial charge in [0.2, 0.25) is 0 Å². The molecule has 1 aromatic carbocycles. The smallest absolute Gasteiger partial charge is 0.164 e. The maximum absolute atomic E-state index is 6.18. The highest BCUT2D eigenvalue weighted by atomic mass is 15.3. The summed E-state index contributed by atoms with van der Waals surface area (Å²) in [4.78, 5) is 13.3. The fraction of sp³-hybridized carbons (Fsp3) is 0.368.